The zero-order valence-corrected chi connectivity index (χ0v) is 11.2. The van der Waals surface area contributed by atoms with Gasteiger partial charge in [0, 0.05) is 25.7 Å². The number of aryl methyl sites for hydroxylation is 2. The molecule has 1 aromatic carbocycles. The molecule has 100 valence electrons. The first-order valence-corrected chi connectivity index (χ1v) is 6.77. The van der Waals surface area contributed by atoms with Gasteiger partial charge in [0.05, 0.1) is 12.3 Å². The molecule has 4 nitrogen and oxygen atoms in total. The molecule has 2 aromatic rings. The summed E-state index contributed by atoms with van der Waals surface area (Å²) in [7, 11) is 1.94. The molecular formula is C15H19N3O. The molecule has 4 heteroatoms. The van der Waals surface area contributed by atoms with Gasteiger partial charge in [-0.05, 0) is 36.7 Å². The standard InChI is InChI=1S/C15H19N3O/c1-16-11-14-5-8-18(17-14)7-4-12-2-3-15-13(10-12)6-9-19-15/h2-3,5,8,10,16H,4,6-7,9,11H2,1H3. The summed E-state index contributed by atoms with van der Waals surface area (Å²) < 4.78 is 7.53. The van der Waals surface area contributed by atoms with E-state index in [9.17, 15) is 0 Å². The second-order valence-corrected chi connectivity index (χ2v) is 4.89. The Balaban J connectivity index is 1.62. The highest BCUT2D eigenvalue weighted by molar-refractivity contribution is 5.39. The van der Waals surface area contributed by atoms with Crippen LogP contribution in [0.3, 0.4) is 0 Å². The fourth-order valence-corrected chi connectivity index (χ4v) is 2.44. The quantitative estimate of drug-likeness (QED) is 0.887. The zero-order chi connectivity index (χ0) is 13.1. The van der Waals surface area contributed by atoms with Crippen molar-refractivity contribution in [1.29, 1.82) is 0 Å². The molecule has 3 rings (SSSR count). The fraction of sp³-hybridized carbons (Fsp3) is 0.400. The third kappa shape index (κ3) is 2.79. The summed E-state index contributed by atoms with van der Waals surface area (Å²) in [5.74, 6) is 1.05. The van der Waals surface area contributed by atoms with Crippen molar-refractivity contribution in [3.8, 4) is 5.75 Å². The minimum atomic E-state index is 0.823. The number of hydrogen-bond donors (Lipinski definition) is 1. The van der Waals surface area contributed by atoms with Crippen molar-refractivity contribution in [2.75, 3.05) is 13.7 Å². The van der Waals surface area contributed by atoms with Crippen LogP contribution in [0.25, 0.3) is 0 Å². The lowest BCUT2D eigenvalue weighted by Gasteiger charge is -2.05. The molecule has 0 aliphatic carbocycles. The Bertz CT molecular complexity index is 562. The van der Waals surface area contributed by atoms with Crippen LogP contribution in [0.15, 0.2) is 30.5 Å². The second-order valence-electron chi connectivity index (χ2n) is 4.89. The molecule has 19 heavy (non-hydrogen) atoms. The number of rotatable bonds is 5. The van der Waals surface area contributed by atoms with E-state index < -0.39 is 0 Å². The Labute approximate surface area is 113 Å². The van der Waals surface area contributed by atoms with Crippen LogP contribution < -0.4 is 10.1 Å². The van der Waals surface area contributed by atoms with Gasteiger partial charge in [-0.15, -0.1) is 0 Å². The number of nitrogens with one attached hydrogen (secondary N) is 1. The number of benzene rings is 1. The van der Waals surface area contributed by atoms with Gasteiger partial charge in [0.1, 0.15) is 5.75 Å². The third-order valence-electron chi connectivity index (χ3n) is 3.44. The lowest BCUT2D eigenvalue weighted by atomic mass is 10.1. The molecule has 0 atom stereocenters. The van der Waals surface area contributed by atoms with E-state index in [0.29, 0.717) is 0 Å². The second kappa shape index (κ2) is 5.45. The van der Waals surface area contributed by atoms with E-state index in [1.54, 1.807) is 0 Å². The number of aromatic nitrogens is 2. The first-order chi connectivity index (χ1) is 9.35. The summed E-state index contributed by atoms with van der Waals surface area (Å²) in [6.07, 6.45) is 4.09. The van der Waals surface area contributed by atoms with Crippen molar-refractivity contribution < 1.29 is 4.74 Å². The SMILES string of the molecule is CNCc1ccn(CCc2ccc3c(c2)CCO3)n1. The Hall–Kier alpha value is -1.81. The van der Waals surface area contributed by atoms with Gasteiger partial charge in [0.15, 0.2) is 0 Å². The van der Waals surface area contributed by atoms with Crippen molar-refractivity contribution >= 4 is 0 Å². The molecule has 0 fully saturated rings. The van der Waals surface area contributed by atoms with Crippen LogP contribution in [0.2, 0.25) is 0 Å². The summed E-state index contributed by atoms with van der Waals surface area (Å²) in [4.78, 5) is 0. The van der Waals surface area contributed by atoms with Crippen LogP contribution in [0, 0.1) is 0 Å². The van der Waals surface area contributed by atoms with Gasteiger partial charge in [0.25, 0.3) is 0 Å². The van der Waals surface area contributed by atoms with E-state index in [2.05, 4.69) is 34.7 Å². The van der Waals surface area contributed by atoms with E-state index in [0.717, 1.165) is 44.0 Å². The van der Waals surface area contributed by atoms with Gasteiger partial charge in [-0.1, -0.05) is 12.1 Å². The number of hydrogen-bond acceptors (Lipinski definition) is 3. The van der Waals surface area contributed by atoms with Gasteiger partial charge in [0.2, 0.25) is 0 Å². The maximum Gasteiger partial charge on any atom is 0.122 e. The summed E-state index contributed by atoms with van der Waals surface area (Å²) in [6, 6.07) is 8.57. The molecule has 1 aliphatic rings. The molecule has 0 saturated carbocycles. The Morgan fingerprint density at radius 1 is 1.37 bits per heavy atom. The van der Waals surface area contributed by atoms with Gasteiger partial charge in [-0.25, -0.2) is 0 Å². The molecule has 0 bridgehead atoms. The molecule has 1 aromatic heterocycles. The Kier molecular flexibility index (Phi) is 3.51. The van der Waals surface area contributed by atoms with Gasteiger partial charge in [-0.3, -0.25) is 4.68 Å². The molecule has 1 N–H and O–H groups in total. The van der Waals surface area contributed by atoms with Crippen LogP contribution in [0.1, 0.15) is 16.8 Å². The van der Waals surface area contributed by atoms with E-state index in [-0.39, 0.29) is 0 Å². The normalized spacial score (nSPS) is 13.3. The highest BCUT2D eigenvalue weighted by Gasteiger charge is 2.11. The van der Waals surface area contributed by atoms with Crippen molar-refractivity contribution in [2.45, 2.75) is 25.9 Å². The average molecular weight is 257 g/mol. The molecular weight excluding hydrogens is 238 g/mol. The monoisotopic (exact) mass is 257 g/mol. The molecule has 0 amide bonds. The van der Waals surface area contributed by atoms with Gasteiger partial charge < -0.3 is 10.1 Å². The first-order valence-electron chi connectivity index (χ1n) is 6.77. The lowest BCUT2D eigenvalue weighted by Crippen LogP contribution is -2.07. The van der Waals surface area contributed by atoms with E-state index in [1.165, 1.54) is 11.1 Å². The topological polar surface area (TPSA) is 39.1 Å². The minimum absolute atomic E-state index is 0.823. The maximum atomic E-state index is 5.52. The Morgan fingerprint density at radius 3 is 3.21 bits per heavy atom. The summed E-state index contributed by atoms with van der Waals surface area (Å²) >= 11 is 0. The molecule has 1 aliphatic heterocycles. The minimum Gasteiger partial charge on any atom is -0.493 e. The molecule has 0 radical (unpaired) electrons. The maximum absolute atomic E-state index is 5.52. The van der Waals surface area contributed by atoms with Gasteiger partial charge in [-0.2, -0.15) is 5.10 Å². The summed E-state index contributed by atoms with van der Waals surface area (Å²) in [5, 5.41) is 7.63. The van der Waals surface area contributed by atoms with E-state index in [1.807, 2.05) is 17.9 Å². The molecule has 2 heterocycles. The molecule has 0 saturated heterocycles. The number of ether oxygens (including phenoxy) is 1. The fourth-order valence-electron chi connectivity index (χ4n) is 2.44. The zero-order valence-electron chi connectivity index (χ0n) is 11.2. The van der Waals surface area contributed by atoms with Crippen LogP contribution in [0.5, 0.6) is 5.75 Å². The lowest BCUT2D eigenvalue weighted by molar-refractivity contribution is 0.357. The van der Waals surface area contributed by atoms with Crippen molar-refractivity contribution in [3.05, 3.63) is 47.3 Å². The smallest absolute Gasteiger partial charge is 0.122 e. The average Bonchev–Trinajstić information content (AvgIpc) is 3.04. The highest BCUT2D eigenvalue weighted by atomic mass is 16.5. The van der Waals surface area contributed by atoms with Crippen molar-refractivity contribution in [1.82, 2.24) is 15.1 Å². The van der Waals surface area contributed by atoms with Crippen LogP contribution >= 0.6 is 0 Å². The number of nitrogens with zero attached hydrogens (tertiary/aromatic N) is 2. The molecule has 0 unspecified atom stereocenters. The van der Waals surface area contributed by atoms with E-state index in [4.69, 9.17) is 4.74 Å². The van der Waals surface area contributed by atoms with E-state index >= 15 is 0 Å². The number of fused-ring (bicyclic) bond motifs is 1. The third-order valence-corrected chi connectivity index (χ3v) is 3.44. The van der Waals surface area contributed by atoms with Gasteiger partial charge >= 0.3 is 0 Å². The van der Waals surface area contributed by atoms with Crippen molar-refractivity contribution in [2.24, 2.45) is 0 Å². The van der Waals surface area contributed by atoms with Crippen LogP contribution in [-0.4, -0.2) is 23.4 Å². The summed E-state index contributed by atoms with van der Waals surface area (Å²) in [5.41, 5.74) is 3.79. The van der Waals surface area contributed by atoms with Crippen molar-refractivity contribution in [3.63, 3.8) is 0 Å². The predicted molar refractivity (Wildman–Crippen MR) is 74.3 cm³/mol. The van der Waals surface area contributed by atoms with Crippen LogP contribution in [-0.2, 0) is 25.9 Å². The first kappa shape index (κ1) is 12.2. The summed E-state index contributed by atoms with van der Waals surface area (Å²) in [6.45, 7) is 2.57. The van der Waals surface area contributed by atoms with Crippen LogP contribution in [0.4, 0.5) is 0 Å². The Morgan fingerprint density at radius 2 is 2.32 bits per heavy atom. The largest absolute Gasteiger partial charge is 0.493 e. The molecule has 0 spiro atoms. The predicted octanol–water partition coefficient (Wildman–Crippen LogP) is 1.78. The highest BCUT2D eigenvalue weighted by Crippen LogP contribution is 2.26.